The molecule has 0 fully saturated rings. The van der Waals surface area contributed by atoms with Gasteiger partial charge in [-0.25, -0.2) is 9.97 Å². The number of rotatable bonds is 12. The summed E-state index contributed by atoms with van der Waals surface area (Å²) < 4.78 is 0.811. The Morgan fingerprint density at radius 1 is 0.707 bits per heavy atom. The van der Waals surface area contributed by atoms with Gasteiger partial charge in [-0.1, -0.05) is 65.1 Å². The lowest BCUT2D eigenvalue weighted by atomic mass is 10.1. The second-order valence-corrected chi connectivity index (χ2v) is 10.2. The minimum absolute atomic E-state index is 0.0404. The van der Waals surface area contributed by atoms with Gasteiger partial charge in [-0.3, -0.25) is 19.2 Å². The lowest BCUT2D eigenvalue weighted by Gasteiger charge is -2.10. The largest absolute Gasteiger partial charge is 0.349 e. The van der Waals surface area contributed by atoms with Crippen molar-refractivity contribution in [2.45, 2.75) is 39.9 Å². The van der Waals surface area contributed by atoms with Crippen molar-refractivity contribution in [2.24, 2.45) is 0 Å². The Labute approximate surface area is 253 Å². The minimum atomic E-state index is -0.394. The smallest absolute Gasteiger partial charge is 0.270 e. The van der Waals surface area contributed by atoms with E-state index in [4.69, 9.17) is 0 Å². The Morgan fingerprint density at radius 2 is 1.12 bits per heavy atom. The van der Waals surface area contributed by atoms with Crippen LogP contribution in [0.1, 0.15) is 73.9 Å². The molecule has 214 valence electrons. The molecular formula is C30H33IN6O4. The molecule has 0 aliphatic rings. The normalized spacial score (nSPS) is 11.1. The fourth-order valence-corrected chi connectivity index (χ4v) is 4.25. The topological polar surface area (TPSA) is 142 Å². The average Bonchev–Trinajstić information content (AvgIpc) is 2.99. The molecule has 0 bridgehead atoms. The van der Waals surface area contributed by atoms with Crippen molar-refractivity contribution in [3.63, 3.8) is 0 Å². The van der Waals surface area contributed by atoms with Crippen LogP contribution in [0.2, 0.25) is 0 Å². The zero-order chi connectivity index (χ0) is 29.8. The van der Waals surface area contributed by atoms with Crippen molar-refractivity contribution in [2.75, 3.05) is 11.0 Å². The molecule has 0 spiro atoms. The summed E-state index contributed by atoms with van der Waals surface area (Å²) in [7, 11) is 0. The first-order chi connectivity index (χ1) is 19.7. The maximum absolute atomic E-state index is 12.7. The molecular weight excluding hydrogens is 635 g/mol. The molecule has 11 heteroatoms. The third-order valence-electron chi connectivity index (χ3n) is 5.83. The molecule has 3 rings (SSSR count). The standard InChI is InChI=1S/C30H33IN6O4/c1-4-20(15-31)16-32-27(38)23-7-5-8-24(36-23)28(39)33-17-21-11-13-22(14-12-21)18-34-29(40)25-9-6-10-26(37-25)30(41)35-19(2)3/h4-14,19H,15-18H2,1-3H3,(H,32,38)(H,33,39)(H,34,40)(H,35,41)/b20-4+. The SMILES string of the molecule is C/C=C(\CI)CNC(=O)c1cccc(C(=O)NCc2ccc(CNC(=O)c3cccc(C(=O)NC(C)C)n3)cc2)n1. The van der Waals surface area contributed by atoms with Gasteiger partial charge in [0.2, 0.25) is 0 Å². The van der Waals surface area contributed by atoms with Crippen LogP contribution in [0.25, 0.3) is 0 Å². The first-order valence-corrected chi connectivity index (χ1v) is 14.6. The number of allylic oxidation sites excluding steroid dienone is 1. The first-order valence-electron chi connectivity index (χ1n) is 13.1. The molecule has 4 amide bonds. The molecule has 10 nitrogen and oxygen atoms in total. The Morgan fingerprint density at radius 3 is 1.51 bits per heavy atom. The highest BCUT2D eigenvalue weighted by molar-refractivity contribution is 14.1. The van der Waals surface area contributed by atoms with Crippen LogP contribution in [0.15, 0.2) is 72.3 Å². The number of alkyl halides is 1. The Bertz CT molecular complexity index is 1420. The number of carbonyl (C=O) groups is 4. The summed E-state index contributed by atoms with van der Waals surface area (Å²) in [6.45, 7) is 6.57. The van der Waals surface area contributed by atoms with E-state index < -0.39 is 11.8 Å². The van der Waals surface area contributed by atoms with E-state index in [0.717, 1.165) is 21.1 Å². The monoisotopic (exact) mass is 668 g/mol. The van der Waals surface area contributed by atoms with Gasteiger partial charge >= 0.3 is 0 Å². The van der Waals surface area contributed by atoms with Crippen molar-refractivity contribution in [1.82, 2.24) is 31.2 Å². The molecule has 4 N–H and O–H groups in total. The zero-order valence-electron chi connectivity index (χ0n) is 23.2. The number of aromatic nitrogens is 2. The fraction of sp³-hybridized carbons (Fsp3) is 0.267. The quantitative estimate of drug-likeness (QED) is 0.132. The number of halogens is 1. The highest BCUT2D eigenvalue weighted by atomic mass is 127. The Balaban J connectivity index is 1.50. The Kier molecular flexibility index (Phi) is 11.9. The maximum Gasteiger partial charge on any atom is 0.270 e. The number of hydrogen-bond donors (Lipinski definition) is 4. The van der Waals surface area contributed by atoms with E-state index in [0.29, 0.717) is 6.54 Å². The number of nitrogens with one attached hydrogen (secondary N) is 4. The summed E-state index contributed by atoms with van der Waals surface area (Å²) in [6, 6.07) is 16.8. The van der Waals surface area contributed by atoms with Crippen LogP contribution in [0.4, 0.5) is 0 Å². The molecule has 2 aromatic heterocycles. The highest BCUT2D eigenvalue weighted by Crippen LogP contribution is 2.07. The highest BCUT2D eigenvalue weighted by Gasteiger charge is 2.14. The van der Waals surface area contributed by atoms with Crippen LogP contribution in [-0.4, -0.2) is 50.6 Å². The third-order valence-corrected chi connectivity index (χ3v) is 6.81. The molecule has 3 aromatic rings. The van der Waals surface area contributed by atoms with Crippen molar-refractivity contribution in [3.8, 4) is 0 Å². The van der Waals surface area contributed by atoms with Gasteiger partial charge in [-0.15, -0.1) is 0 Å². The van der Waals surface area contributed by atoms with E-state index in [1.165, 1.54) is 0 Å². The third kappa shape index (κ3) is 9.78. The van der Waals surface area contributed by atoms with Gasteiger partial charge in [-0.2, -0.15) is 0 Å². The Hall–Kier alpha value is -4.13. The van der Waals surface area contributed by atoms with Gasteiger partial charge in [0.15, 0.2) is 0 Å². The predicted molar refractivity (Wildman–Crippen MR) is 165 cm³/mol. The molecule has 0 aliphatic heterocycles. The average molecular weight is 669 g/mol. The van der Waals surface area contributed by atoms with Crippen molar-refractivity contribution >= 4 is 46.2 Å². The van der Waals surface area contributed by atoms with E-state index >= 15 is 0 Å². The van der Waals surface area contributed by atoms with Crippen molar-refractivity contribution < 1.29 is 19.2 Å². The van der Waals surface area contributed by atoms with Gasteiger partial charge in [-0.05, 0) is 61.7 Å². The molecule has 41 heavy (non-hydrogen) atoms. The van der Waals surface area contributed by atoms with Crippen LogP contribution in [0, 0.1) is 0 Å². The summed E-state index contributed by atoms with van der Waals surface area (Å²) in [5, 5.41) is 11.2. The summed E-state index contributed by atoms with van der Waals surface area (Å²) in [6.07, 6.45) is 1.96. The van der Waals surface area contributed by atoms with Gasteiger partial charge < -0.3 is 21.3 Å². The summed E-state index contributed by atoms with van der Waals surface area (Å²) in [5.41, 5.74) is 3.45. The molecule has 1 aromatic carbocycles. The van der Waals surface area contributed by atoms with Crippen LogP contribution in [0.3, 0.4) is 0 Å². The van der Waals surface area contributed by atoms with Crippen molar-refractivity contribution in [3.05, 3.63) is 106 Å². The molecule has 0 unspecified atom stereocenters. The number of hydrogen-bond acceptors (Lipinski definition) is 6. The molecule has 0 saturated carbocycles. The summed E-state index contributed by atoms with van der Waals surface area (Å²) in [4.78, 5) is 58.2. The first kappa shape index (κ1) is 31.4. The van der Waals surface area contributed by atoms with Crippen molar-refractivity contribution in [1.29, 1.82) is 0 Å². The van der Waals surface area contributed by atoms with E-state index in [1.807, 2.05) is 51.1 Å². The maximum atomic E-state index is 12.7. The number of amides is 4. The number of nitrogens with zero attached hydrogens (tertiary/aromatic N) is 2. The minimum Gasteiger partial charge on any atom is -0.349 e. The molecule has 0 aliphatic carbocycles. The van der Waals surface area contributed by atoms with Gasteiger partial charge in [0.05, 0.1) is 0 Å². The van der Waals surface area contributed by atoms with Crippen LogP contribution < -0.4 is 21.3 Å². The van der Waals surface area contributed by atoms with Crippen LogP contribution in [-0.2, 0) is 13.1 Å². The summed E-state index contributed by atoms with van der Waals surface area (Å²) in [5.74, 6) is -1.46. The second kappa shape index (κ2) is 15.6. The van der Waals surface area contributed by atoms with Gasteiger partial charge in [0.25, 0.3) is 23.6 Å². The van der Waals surface area contributed by atoms with Crippen LogP contribution in [0.5, 0.6) is 0 Å². The van der Waals surface area contributed by atoms with Gasteiger partial charge in [0, 0.05) is 30.1 Å². The van der Waals surface area contributed by atoms with E-state index in [1.54, 1.807) is 36.4 Å². The molecule has 0 radical (unpaired) electrons. The van der Waals surface area contributed by atoms with Crippen LogP contribution >= 0.6 is 22.6 Å². The predicted octanol–water partition coefficient (Wildman–Crippen LogP) is 3.59. The lowest BCUT2D eigenvalue weighted by molar-refractivity contribution is 0.0924. The number of pyridine rings is 2. The fourth-order valence-electron chi connectivity index (χ4n) is 3.54. The number of carbonyl (C=O) groups excluding carboxylic acids is 4. The molecule has 2 heterocycles. The molecule has 0 saturated heterocycles. The van der Waals surface area contributed by atoms with Gasteiger partial charge in [0.1, 0.15) is 22.8 Å². The van der Waals surface area contributed by atoms with E-state index in [2.05, 4.69) is 53.8 Å². The van der Waals surface area contributed by atoms with E-state index in [9.17, 15) is 19.2 Å². The second-order valence-electron chi connectivity index (χ2n) is 9.39. The molecule has 0 atom stereocenters. The van der Waals surface area contributed by atoms with E-state index in [-0.39, 0.29) is 53.7 Å². The number of benzene rings is 1. The zero-order valence-corrected chi connectivity index (χ0v) is 25.3. The lowest BCUT2D eigenvalue weighted by Crippen LogP contribution is -2.31. The summed E-state index contributed by atoms with van der Waals surface area (Å²) >= 11 is 2.24.